The summed E-state index contributed by atoms with van der Waals surface area (Å²) in [6.07, 6.45) is 8.20. The first kappa shape index (κ1) is 12.8. The van der Waals surface area contributed by atoms with Crippen molar-refractivity contribution in [1.29, 1.82) is 0 Å². The number of aliphatic hydroxyl groups is 1. The number of carbonyl (C=O) groups is 1. The van der Waals surface area contributed by atoms with Gasteiger partial charge in [-0.15, -0.1) is 0 Å². The third-order valence-electron chi connectivity index (χ3n) is 4.24. The zero-order valence-electron chi connectivity index (χ0n) is 10.5. The molecule has 0 saturated heterocycles. The van der Waals surface area contributed by atoms with Crippen LogP contribution >= 0.6 is 0 Å². The summed E-state index contributed by atoms with van der Waals surface area (Å²) in [6.45, 7) is 0. The Bertz CT molecular complexity index is 275. The van der Waals surface area contributed by atoms with Gasteiger partial charge in [0.1, 0.15) is 0 Å². The maximum atomic E-state index is 12.1. The van der Waals surface area contributed by atoms with Gasteiger partial charge < -0.3 is 16.2 Å². The van der Waals surface area contributed by atoms with Gasteiger partial charge in [0.25, 0.3) is 0 Å². The molecule has 0 heterocycles. The number of aliphatic hydroxyl groups excluding tert-OH is 1. The molecule has 4 N–H and O–H groups in total. The molecule has 2 aliphatic carbocycles. The molecule has 0 spiro atoms. The first-order chi connectivity index (χ1) is 8.12. The van der Waals surface area contributed by atoms with Gasteiger partial charge in [-0.05, 0) is 25.7 Å². The van der Waals surface area contributed by atoms with Gasteiger partial charge in [-0.25, -0.2) is 0 Å². The van der Waals surface area contributed by atoms with E-state index in [-0.39, 0.29) is 11.9 Å². The SMILES string of the molecule is NC1(C(=O)NC2CCCCCC2O)CCCC1. The van der Waals surface area contributed by atoms with Gasteiger partial charge in [0.15, 0.2) is 0 Å². The highest BCUT2D eigenvalue weighted by Gasteiger charge is 2.38. The minimum atomic E-state index is -0.675. The van der Waals surface area contributed by atoms with Gasteiger partial charge in [0, 0.05) is 0 Å². The molecular weight excluding hydrogens is 216 g/mol. The number of nitrogens with one attached hydrogen (secondary N) is 1. The molecule has 0 bridgehead atoms. The van der Waals surface area contributed by atoms with E-state index in [4.69, 9.17) is 5.73 Å². The summed E-state index contributed by atoms with van der Waals surface area (Å²) in [5.41, 5.74) is 5.44. The summed E-state index contributed by atoms with van der Waals surface area (Å²) in [5.74, 6) is -0.0547. The molecule has 2 fully saturated rings. The van der Waals surface area contributed by atoms with E-state index in [9.17, 15) is 9.90 Å². The van der Waals surface area contributed by atoms with E-state index in [1.54, 1.807) is 0 Å². The van der Waals surface area contributed by atoms with Crippen molar-refractivity contribution in [3.63, 3.8) is 0 Å². The highest BCUT2D eigenvalue weighted by Crippen LogP contribution is 2.28. The second-order valence-electron chi connectivity index (χ2n) is 5.65. The van der Waals surface area contributed by atoms with Crippen LogP contribution in [0, 0.1) is 0 Å². The van der Waals surface area contributed by atoms with Crippen LogP contribution < -0.4 is 11.1 Å². The van der Waals surface area contributed by atoms with E-state index in [0.29, 0.717) is 0 Å². The third-order valence-corrected chi connectivity index (χ3v) is 4.24. The fourth-order valence-electron chi connectivity index (χ4n) is 3.00. The summed E-state index contributed by atoms with van der Waals surface area (Å²) in [7, 11) is 0. The summed E-state index contributed by atoms with van der Waals surface area (Å²) in [6, 6.07) is -0.0916. The number of rotatable bonds is 2. The average Bonchev–Trinajstić information content (AvgIpc) is 2.65. The van der Waals surface area contributed by atoms with Crippen molar-refractivity contribution < 1.29 is 9.90 Å². The Morgan fingerprint density at radius 2 is 1.76 bits per heavy atom. The minimum absolute atomic E-state index is 0.0547. The normalized spacial score (nSPS) is 33.1. The largest absolute Gasteiger partial charge is 0.391 e. The molecular formula is C13H24N2O2. The standard InChI is InChI=1S/C13H24N2O2/c14-13(8-4-5-9-13)12(17)15-10-6-2-1-3-7-11(10)16/h10-11,16H,1-9,14H2,(H,15,17). The van der Waals surface area contributed by atoms with Gasteiger partial charge in [-0.1, -0.05) is 32.1 Å². The molecule has 0 aliphatic heterocycles. The van der Waals surface area contributed by atoms with Gasteiger partial charge in [-0.3, -0.25) is 4.79 Å². The summed E-state index contributed by atoms with van der Waals surface area (Å²) in [5, 5.41) is 12.9. The maximum absolute atomic E-state index is 12.1. The second kappa shape index (κ2) is 5.36. The molecule has 2 saturated carbocycles. The molecule has 0 aromatic carbocycles. The topological polar surface area (TPSA) is 75.4 Å². The van der Waals surface area contributed by atoms with Crippen LogP contribution in [0.25, 0.3) is 0 Å². The molecule has 1 amide bonds. The van der Waals surface area contributed by atoms with Crippen LogP contribution in [0.3, 0.4) is 0 Å². The van der Waals surface area contributed by atoms with Crippen molar-refractivity contribution in [2.45, 2.75) is 75.5 Å². The quantitative estimate of drug-likeness (QED) is 0.632. The molecule has 2 unspecified atom stereocenters. The van der Waals surface area contributed by atoms with Crippen molar-refractivity contribution in [3.05, 3.63) is 0 Å². The van der Waals surface area contributed by atoms with E-state index in [2.05, 4.69) is 5.32 Å². The smallest absolute Gasteiger partial charge is 0.240 e. The lowest BCUT2D eigenvalue weighted by Gasteiger charge is -2.28. The number of amides is 1. The van der Waals surface area contributed by atoms with Gasteiger partial charge in [0.2, 0.25) is 5.91 Å². The van der Waals surface area contributed by atoms with Crippen LogP contribution in [0.2, 0.25) is 0 Å². The number of nitrogens with two attached hydrogens (primary N) is 1. The first-order valence-corrected chi connectivity index (χ1v) is 6.90. The second-order valence-corrected chi connectivity index (χ2v) is 5.65. The molecule has 2 rings (SSSR count). The summed E-state index contributed by atoms with van der Waals surface area (Å²) in [4.78, 5) is 12.1. The number of hydrogen-bond acceptors (Lipinski definition) is 3. The van der Waals surface area contributed by atoms with Crippen LogP contribution in [0.1, 0.15) is 57.8 Å². The fourth-order valence-corrected chi connectivity index (χ4v) is 3.00. The highest BCUT2D eigenvalue weighted by molar-refractivity contribution is 5.86. The Kier molecular flexibility index (Phi) is 4.05. The average molecular weight is 240 g/mol. The predicted molar refractivity (Wildman–Crippen MR) is 66.4 cm³/mol. The van der Waals surface area contributed by atoms with E-state index < -0.39 is 11.6 Å². The van der Waals surface area contributed by atoms with E-state index >= 15 is 0 Å². The maximum Gasteiger partial charge on any atom is 0.240 e. The third kappa shape index (κ3) is 2.99. The van der Waals surface area contributed by atoms with E-state index in [0.717, 1.165) is 57.8 Å². The molecule has 0 aromatic heterocycles. The van der Waals surface area contributed by atoms with Gasteiger partial charge in [-0.2, -0.15) is 0 Å². The van der Waals surface area contributed by atoms with Crippen molar-refractivity contribution in [2.24, 2.45) is 5.73 Å². The van der Waals surface area contributed by atoms with E-state index in [1.165, 1.54) is 0 Å². The number of carbonyl (C=O) groups excluding carboxylic acids is 1. The minimum Gasteiger partial charge on any atom is -0.391 e. The van der Waals surface area contributed by atoms with Crippen LogP contribution in [0.4, 0.5) is 0 Å². The van der Waals surface area contributed by atoms with Crippen LogP contribution in [0.5, 0.6) is 0 Å². The van der Waals surface area contributed by atoms with Crippen molar-refractivity contribution in [2.75, 3.05) is 0 Å². The molecule has 0 aromatic rings. The molecule has 0 radical (unpaired) electrons. The van der Waals surface area contributed by atoms with Crippen molar-refractivity contribution in [1.82, 2.24) is 5.32 Å². The Hall–Kier alpha value is -0.610. The monoisotopic (exact) mass is 240 g/mol. The Balaban J connectivity index is 1.92. The lowest BCUT2D eigenvalue weighted by atomic mass is 9.96. The highest BCUT2D eigenvalue weighted by atomic mass is 16.3. The number of hydrogen-bond donors (Lipinski definition) is 3. The Morgan fingerprint density at radius 1 is 1.12 bits per heavy atom. The lowest BCUT2D eigenvalue weighted by molar-refractivity contribution is -0.127. The van der Waals surface area contributed by atoms with Crippen molar-refractivity contribution >= 4 is 5.91 Å². The Morgan fingerprint density at radius 3 is 2.47 bits per heavy atom. The summed E-state index contributed by atoms with van der Waals surface area (Å²) < 4.78 is 0. The van der Waals surface area contributed by atoms with Gasteiger partial charge >= 0.3 is 0 Å². The van der Waals surface area contributed by atoms with E-state index in [1.807, 2.05) is 0 Å². The zero-order valence-corrected chi connectivity index (χ0v) is 10.5. The molecule has 2 aliphatic rings. The molecule has 98 valence electrons. The molecule has 4 heteroatoms. The fraction of sp³-hybridized carbons (Fsp3) is 0.923. The van der Waals surface area contributed by atoms with Crippen LogP contribution in [0.15, 0.2) is 0 Å². The predicted octanol–water partition coefficient (Wildman–Crippen LogP) is 1.07. The zero-order chi connectivity index (χ0) is 12.3. The Labute approximate surface area is 103 Å². The first-order valence-electron chi connectivity index (χ1n) is 6.90. The van der Waals surface area contributed by atoms with Crippen LogP contribution in [-0.4, -0.2) is 28.7 Å². The van der Waals surface area contributed by atoms with Crippen LogP contribution in [-0.2, 0) is 4.79 Å². The summed E-state index contributed by atoms with van der Waals surface area (Å²) >= 11 is 0. The lowest BCUT2D eigenvalue weighted by Crippen LogP contribution is -2.56. The van der Waals surface area contributed by atoms with Crippen molar-refractivity contribution in [3.8, 4) is 0 Å². The molecule has 17 heavy (non-hydrogen) atoms. The molecule has 4 nitrogen and oxygen atoms in total. The van der Waals surface area contributed by atoms with Gasteiger partial charge in [0.05, 0.1) is 17.7 Å². The molecule has 2 atom stereocenters.